The van der Waals surface area contributed by atoms with Crippen molar-refractivity contribution >= 4 is 0 Å². The van der Waals surface area contributed by atoms with Crippen LogP contribution in [0.4, 0.5) is 4.39 Å². The molecule has 2 unspecified atom stereocenters. The van der Waals surface area contributed by atoms with Crippen molar-refractivity contribution < 1.29 is 4.39 Å². The van der Waals surface area contributed by atoms with Crippen molar-refractivity contribution in [2.75, 3.05) is 39.8 Å². The molecule has 1 heterocycles. The molecule has 0 aromatic carbocycles. The first-order valence-corrected chi connectivity index (χ1v) is 11.9. The summed E-state index contributed by atoms with van der Waals surface area (Å²) < 4.78 is 14.4. The number of hydrogen-bond donors (Lipinski definition) is 0. The number of nitrogens with zero attached hydrogens (tertiary/aromatic N) is 2. The Morgan fingerprint density at radius 3 is 2.34 bits per heavy atom. The quantitative estimate of drug-likeness (QED) is 0.501. The molecule has 3 heteroatoms. The fraction of sp³-hybridized carbons (Fsp3) is 0.769. The van der Waals surface area contributed by atoms with Gasteiger partial charge in [-0.3, -0.25) is 0 Å². The Kier molecular flexibility index (Phi) is 7.78. The molecule has 3 aliphatic rings. The zero-order chi connectivity index (χ0) is 20.9. The molecule has 2 atom stereocenters. The van der Waals surface area contributed by atoms with E-state index in [1.165, 1.54) is 71.2 Å². The van der Waals surface area contributed by atoms with Crippen molar-refractivity contribution in [3.8, 4) is 0 Å². The van der Waals surface area contributed by atoms with Gasteiger partial charge in [-0.2, -0.15) is 0 Å². The third-order valence-corrected chi connectivity index (χ3v) is 7.44. The summed E-state index contributed by atoms with van der Waals surface area (Å²) in [7, 11) is 2.23. The smallest absolute Gasteiger partial charge is 0.109 e. The van der Waals surface area contributed by atoms with Gasteiger partial charge in [0.2, 0.25) is 0 Å². The summed E-state index contributed by atoms with van der Waals surface area (Å²) >= 11 is 0. The molecule has 2 fully saturated rings. The van der Waals surface area contributed by atoms with Gasteiger partial charge >= 0.3 is 0 Å². The van der Waals surface area contributed by atoms with Crippen LogP contribution in [0.1, 0.15) is 65.7 Å². The molecule has 2 nitrogen and oxygen atoms in total. The Labute approximate surface area is 178 Å². The average Bonchev–Trinajstić information content (AvgIpc) is 3.00. The Bertz CT molecular complexity index is 597. The van der Waals surface area contributed by atoms with E-state index in [1.807, 2.05) is 0 Å². The molecule has 0 N–H and O–H groups in total. The van der Waals surface area contributed by atoms with Gasteiger partial charge in [-0.05, 0) is 50.6 Å². The minimum absolute atomic E-state index is 0.367. The van der Waals surface area contributed by atoms with Crippen molar-refractivity contribution in [1.29, 1.82) is 0 Å². The monoisotopic (exact) mass is 402 g/mol. The maximum Gasteiger partial charge on any atom is 0.109 e. The molecule has 2 aliphatic carbocycles. The summed E-state index contributed by atoms with van der Waals surface area (Å²) in [6.45, 7) is 11.8. The Morgan fingerprint density at radius 1 is 1.07 bits per heavy atom. The topological polar surface area (TPSA) is 6.48 Å². The Hall–Kier alpha value is -0.930. The summed E-state index contributed by atoms with van der Waals surface area (Å²) in [5.74, 6) is 0.989. The van der Waals surface area contributed by atoms with E-state index in [0.29, 0.717) is 23.7 Å². The zero-order valence-corrected chi connectivity index (χ0v) is 19.3. The Balaban J connectivity index is 1.85. The van der Waals surface area contributed by atoms with E-state index in [2.05, 4.69) is 54.2 Å². The van der Waals surface area contributed by atoms with E-state index in [9.17, 15) is 4.39 Å². The fourth-order valence-corrected chi connectivity index (χ4v) is 5.61. The first-order valence-electron chi connectivity index (χ1n) is 11.9. The van der Waals surface area contributed by atoms with Crippen molar-refractivity contribution in [2.24, 2.45) is 17.3 Å². The maximum atomic E-state index is 14.4. The molecule has 29 heavy (non-hydrogen) atoms. The van der Waals surface area contributed by atoms with Crippen LogP contribution in [-0.4, -0.2) is 55.2 Å². The molecular formula is C26H43FN2. The van der Waals surface area contributed by atoms with Crippen LogP contribution in [0.2, 0.25) is 0 Å². The van der Waals surface area contributed by atoms with Gasteiger partial charge in [0, 0.05) is 45.1 Å². The average molecular weight is 403 g/mol. The first kappa shape index (κ1) is 22.7. The highest BCUT2D eigenvalue weighted by Gasteiger charge is 2.39. The van der Waals surface area contributed by atoms with Crippen LogP contribution >= 0.6 is 0 Å². The Morgan fingerprint density at radius 2 is 1.72 bits per heavy atom. The maximum absolute atomic E-state index is 14.4. The lowest BCUT2D eigenvalue weighted by Crippen LogP contribution is -2.49. The van der Waals surface area contributed by atoms with Crippen LogP contribution in [0.15, 0.2) is 36.0 Å². The molecule has 164 valence electrons. The predicted octanol–water partition coefficient (Wildman–Crippen LogP) is 6.02. The van der Waals surface area contributed by atoms with E-state index in [1.54, 1.807) is 13.8 Å². The third-order valence-electron chi connectivity index (χ3n) is 7.44. The molecule has 0 bridgehead atoms. The molecule has 0 aromatic rings. The van der Waals surface area contributed by atoms with Crippen molar-refractivity contribution in [2.45, 2.75) is 71.4 Å². The van der Waals surface area contributed by atoms with Crippen molar-refractivity contribution in [1.82, 2.24) is 9.80 Å². The highest BCUT2D eigenvalue weighted by molar-refractivity contribution is 5.30. The van der Waals surface area contributed by atoms with Crippen molar-refractivity contribution in [3.05, 3.63) is 36.0 Å². The molecule has 1 saturated heterocycles. The number of likely N-dealkylation sites (N-methyl/N-ethyl adjacent to an activating group) is 1. The lowest BCUT2D eigenvalue weighted by molar-refractivity contribution is 0.0614. The van der Waals surface area contributed by atoms with E-state index < -0.39 is 5.67 Å². The van der Waals surface area contributed by atoms with Gasteiger partial charge < -0.3 is 9.80 Å². The molecule has 3 rings (SSSR count). The molecule has 0 radical (unpaired) electrons. The summed E-state index contributed by atoms with van der Waals surface area (Å²) in [5.41, 5.74) is 0.365. The van der Waals surface area contributed by atoms with Crippen LogP contribution in [0.25, 0.3) is 0 Å². The van der Waals surface area contributed by atoms with Crippen molar-refractivity contribution in [3.63, 3.8) is 0 Å². The third kappa shape index (κ3) is 6.79. The number of halogens is 1. The fourth-order valence-electron chi connectivity index (χ4n) is 5.61. The molecule has 0 spiro atoms. The van der Waals surface area contributed by atoms with Crippen LogP contribution < -0.4 is 0 Å². The lowest BCUT2D eigenvalue weighted by Gasteiger charge is -2.44. The SMILES string of the molecule is CN1CCN(CC(C2C=CC=CC(CC(C)(C)F)=C2)C2(C)CCCCCC2)CC1. The molecule has 0 aromatic heterocycles. The van der Waals surface area contributed by atoms with E-state index in [-0.39, 0.29) is 0 Å². The van der Waals surface area contributed by atoms with Gasteiger partial charge in [0.25, 0.3) is 0 Å². The summed E-state index contributed by atoms with van der Waals surface area (Å²) in [6, 6.07) is 0. The van der Waals surface area contributed by atoms with Gasteiger partial charge in [-0.1, -0.05) is 63.0 Å². The van der Waals surface area contributed by atoms with E-state index in [0.717, 1.165) is 5.57 Å². The van der Waals surface area contributed by atoms with Crippen LogP contribution in [-0.2, 0) is 0 Å². The van der Waals surface area contributed by atoms with E-state index in [4.69, 9.17) is 0 Å². The highest BCUT2D eigenvalue weighted by Crippen LogP contribution is 2.46. The second-order valence-electron chi connectivity index (χ2n) is 10.7. The number of hydrogen-bond acceptors (Lipinski definition) is 2. The summed E-state index contributed by atoms with van der Waals surface area (Å²) in [6.07, 6.45) is 19.9. The first-order chi connectivity index (χ1) is 13.8. The zero-order valence-electron chi connectivity index (χ0n) is 19.3. The standard InChI is InChI=1S/C26H43FN2/c1-25(2,27)20-22-11-7-8-12-23(19-22)24(21-29-17-15-28(4)16-18-29)26(3)13-9-5-6-10-14-26/h7-8,11-12,19,23-24H,5-6,9-10,13-18,20-21H2,1-4H3. The normalized spacial score (nSPS) is 27.9. The van der Waals surface area contributed by atoms with E-state index >= 15 is 0 Å². The van der Waals surface area contributed by atoms with Crippen LogP contribution in [0.3, 0.4) is 0 Å². The minimum atomic E-state index is -1.16. The summed E-state index contributed by atoms with van der Waals surface area (Å²) in [5, 5.41) is 0. The highest BCUT2D eigenvalue weighted by atomic mass is 19.1. The number of piperazine rings is 1. The number of rotatable bonds is 6. The summed E-state index contributed by atoms with van der Waals surface area (Å²) in [4.78, 5) is 5.13. The van der Waals surface area contributed by atoms with Gasteiger partial charge in [0.05, 0.1) is 0 Å². The second-order valence-corrected chi connectivity index (χ2v) is 10.7. The molecule has 0 amide bonds. The van der Waals surface area contributed by atoms with Gasteiger partial charge in [-0.25, -0.2) is 4.39 Å². The number of allylic oxidation sites excluding steroid dienone is 6. The molecule has 1 aliphatic heterocycles. The minimum Gasteiger partial charge on any atom is -0.304 e. The van der Waals surface area contributed by atoms with Gasteiger partial charge in [-0.15, -0.1) is 0 Å². The van der Waals surface area contributed by atoms with Gasteiger partial charge in [0.15, 0.2) is 0 Å². The second kappa shape index (κ2) is 9.92. The number of alkyl halides is 1. The van der Waals surface area contributed by atoms with Gasteiger partial charge in [0.1, 0.15) is 5.67 Å². The largest absolute Gasteiger partial charge is 0.304 e. The van der Waals surface area contributed by atoms with Crippen LogP contribution in [0.5, 0.6) is 0 Å². The molecular weight excluding hydrogens is 359 g/mol. The van der Waals surface area contributed by atoms with Crippen LogP contribution in [0, 0.1) is 17.3 Å². The molecule has 1 saturated carbocycles. The predicted molar refractivity (Wildman–Crippen MR) is 123 cm³/mol. The lowest BCUT2D eigenvalue weighted by atomic mass is 9.65.